The van der Waals surface area contributed by atoms with Crippen molar-refractivity contribution in [2.45, 2.75) is 26.4 Å². The van der Waals surface area contributed by atoms with E-state index < -0.39 is 0 Å². The Kier molecular flexibility index (Phi) is 5.53. The summed E-state index contributed by atoms with van der Waals surface area (Å²) in [6.45, 7) is 4.78. The molecule has 1 nitrogen and oxygen atoms in total. The van der Waals surface area contributed by atoms with Crippen LogP contribution in [-0.2, 0) is 6.54 Å². The minimum absolute atomic E-state index is 0.304. The highest BCUT2D eigenvalue weighted by Crippen LogP contribution is 2.17. The van der Waals surface area contributed by atoms with E-state index in [0.717, 1.165) is 5.56 Å². The minimum atomic E-state index is -0.309. The largest absolute Gasteiger partial charge is 0.310 e. The van der Waals surface area contributed by atoms with E-state index in [0.29, 0.717) is 29.4 Å². The van der Waals surface area contributed by atoms with Crippen molar-refractivity contribution in [2.75, 3.05) is 5.88 Å². The summed E-state index contributed by atoms with van der Waals surface area (Å²) in [5.41, 5.74) is 0.900. The standard InChI is InChI=1S/C12H16Cl2FN/c1-8(6-13)9(2)16-7-10-3-4-11(15)5-12(10)14/h3-5,8-9,16H,6-7H2,1-2H3. The van der Waals surface area contributed by atoms with Gasteiger partial charge in [0, 0.05) is 23.5 Å². The average Bonchev–Trinajstić information content (AvgIpc) is 2.26. The summed E-state index contributed by atoms with van der Waals surface area (Å²) in [4.78, 5) is 0. The number of hydrogen-bond donors (Lipinski definition) is 1. The van der Waals surface area contributed by atoms with E-state index in [-0.39, 0.29) is 5.82 Å². The Balaban J connectivity index is 2.54. The molecule has 16 heavy (non-hydrogen) atoms. The molecule has 0 heterocycles. The molecule has 0 amide bonds. The van der Waals surface area contributed by atoms with E-state index in [1.807, 2.05) is 0 Å². The molecule has 0 aromatic heterocycles. The predicted molar refractivity (Wildman–Crippen MR) is 67.6 cm³/mol. The van der Waals surface area contributed by atoms with Crippen molar-refractivity contribution in [1.82, 2.24) is 5.32 Å². The van der Waals surface area contributed by atoms with Gasteiger partial charge >= 0.3 is 0 Å². The van der Waals surface area contributed by atoms with E-state index >= 15 is 0 Å². The van der Waals surface area contributed by atoms with Crippen molar-refractivity contribution >= 4 is 23.2 Å². The SMILES string of the molecule is CC(CCl)C(C)NCc1ccc(F)cc1Cl. The first kappa shape index (κ1) is 13.8. The van der Waals surface area contributed by atoms with Gasteiger partial charge in [0.15, 0.2) is 0 Å². The molecule has 4 heteroatoms. The van der Waals surface area contributed by atoms with Crippen molar-refractivity contribution in [2.24, 2.45) is 5.92 Å². The van der Waals surface area contributed by atoms with Crippen LogP contribution in [0.2, 0.25) is 5.02 Å². The van der Waals surface area contributed by atoms with Crippen LogP contribution in [0.4, 0.5) is 4.39 Å². The molecule has 0 saturated heterocycles. The molecule has 1 aromatic rings. The third-order valence-electron chi connectivity index (χ3n) is 2.73. The van der Waals surface area contributed by atoms with Gasteiger partial charge in [-0.05, 0) is 30.5 Å². The average molecular weight is 264 g/mol. The summed E-state index contributed by atoms with van der Waals surface area (Å²) in [5.74, 6) is 0.697. The molecule has 1 aromatic carbocycles. The van der Waals surface area contributed by atoms with Gasteiger partial charge < -0.3 is 5.32 Å². The molecule has 0 aliphatic carbocycles. The van der Waals surface area contributed by atoms with Crippen LogP contribution in [0, 0.1) is 11.7 Å². The summed E-state index contributed by atoms with van der Waals surface area (Å²) in [6, 6.07) is 4.74. The molecule has 0 radical (unpaired) electrons. The number of benzene rings is 1. The summed E-state index contributed by atoms with van der Waals surface area (Å²) >= 11 is 11.7. The molecule has 0 bridgehead atoms. The fraction of sp³-hybridized carbons (Fsp3) is 0.500. The molecule has 0 aliphatic rings. The number of rotatable bonds is 5. The lowest BCUT2D eigenvalue weighted by atomic mass is 10.1. The minimum Gasteiger partial charge on any atom is -0.310 e. The number of nitrogens with one attached hydrogen (secondary N) is 1. The molecule has 0 fully saturated rings. The third kappa shape index (κ3) is 3.93. The van der Waals surface area contributed by atoms with E-state index in [4.69, 9.17) is 23.2 Å². The van der Waals surface area contributed by atoms with E-state index in [1.165, 1.54) is 12.1 Å². The Hall–Kier alpha value is -0.310. The van der Waals surface area contributed by atoms with Gasteiger partial charge in [-0.25, -0.2) is 4.39 Å². The molecule has 2 unspecified atom stereocenters. The van der Waals surface area contributed by atoms with Gasteiger partial charge in [0.1, 0.15) is 5.82 Å². The monoisotopic (exact) mass is 263 g/mol. The second kappa shape index (κ2) is 6.43. The van der Waals surface area contributed by atoms with Crippen molar-refractivity contribution in [3.05, 3.63) is 34.6 Å². The van der Waals surface area contributed by atoms with Crippen LogP contribution in [0.25, 0.3) is 0 Å². The molecule has 0 aliphatic heterocycles. The van der Waals surface area contributed by atoms with Gasteiger partial charge in [-0.3, -0.25) is 0 Å². The molecule has 90 valence electrons. The molecular formula is C12H16Cl2FN. The highest BCUT2D eigenvalue weighted by Gasteiger charge is 2.11. The lowest BCUT2D eigenvalue weighted by molar-refractivity contribution is 0.430. The smallest absolute Gasteiger partial charge is 0.124 e. The normalized spacial score (nSPS) is 14.8. The van der Waals surface area contributed by atoms with Crippen LogP contribution in [0.1, 0.15) is 19.4 Å². The number of halogens is 3. The third-order valence-corrected chi connectivity index (χ3v) is 3.57. The van der Waals surface area contributed by atoms with Crippen molar-refractivity contribution in [3.63, 3.8) is 0 Å². The number of alkyl halides is 1. The zero-order valence-electron chi connectivity index (χ0n) is 9.43. The summed E-state index contributed by atoms with van der Waals surface area (Å²) in [6.07, 6.45) is 0. The van der Waals surface area contributed by atoms with Crippen LogP contribution < -0.4 is 5.32 Å². The maximum Gasteiger partial charge on any atom is 0.124 e. The first-order valence-electron chi connectivity index (χ1n) is 5.28. The van der Waals surface area contributed by atoms with Gasteiger partial charge in [0.2, 0.25) is 0 Å². The highest BCUT2D eigenvalue weighted by atomic mass is 35.5. The summed E-state index contributed by atoms with van der Waals surface area (Å²) in [7, 11) is 0. The fourth-order valence-electron chi connectivity index (χ4n) is 1.27. The van der Waals surface area contributed by atoms with E-state index in [9.17, 15) is 4.39 Å². The Bertz CT molecular complexity index is 344. The second-order valence-corrected chi connectivity index (χ2v) is 4.75. The van der Waals surface area contributed by atoms with Crippen LogP contribution >= 0.6 is 23.2 Å². The van der Waals surface area contributed by atoms with Crippen LogP contribution in [-0.4, -0.2) is 11.9 Å². The van der Waals surface area contributed by atoms with E-state index in [1.54, 1.807) is 6.07 Å². The maximum atomic E-state index is 12.8. The lowest BCUT2D eigenvalue weighted by Crippen LogP contribution is -2.32. The van der Waals surface area contributed by atoms with Gasteiger partial charge in [0.05, 0.1) is 0 Å². The quantitative estimate of drug-likeness (QED) is 0.797. The van der Waals surface area contributed by atoms with Crippen molar-refractivity contribution in [1.29, 1.82) is 0 Å². The maximum absolute atomic E-state index is 12.8. The topological polar surface area (TPSA) is 12.0 Å². The molecule has 0 saturated carbocycles. The van der Waals surface area contributed by atoms with Gasteiger partial charge in [-0.1, -0.05) is 24.6 Å². The van der Waals surface area contributed by atoms with E-state index in [2.05, 4.69) is 19.2 Å². The molecule has 2 atom stereocenters. The highest BCUT2D eigenvalue weighted by molar-refractivity contribution is 6.31. The molecule has 1 rings (SSSR count). The predicted octanol–water partition coefficient (Wildman–Crippen LogP) is 3.83. The summed E-state index contributed by atoms with van der Waals surface area (Å²) < 4.78 is 12.8. The Labute approximate surface area is 106 Å². The zero-order valence-corrected chi connectivity index (χ0v) is 10.9. The van der Waals surface area contributed by atoms with Crippen molar-refractivity contribution in [3.8, 4) is 0 Å². The van der Waals surface area contributed by atoms with Gasteiger partial charge in [-0.2, -0.15) is 0 Å². The van der Waals surface area contributed by atoms with Crippen molar-refractivity contribution < 1.29 is 4.39 Å². The fourth-order valence-corrected chi connectivity index (χ4v) is 1.77. The molecular weight excluding hydrogens is 248 g/mol. The molecule has 1 N–H and O–H groups in total. The van der Waals surface area contributed by atoms with Gasteiger partial charge in [-0.15, -0.1) is 11.6 Å². The summed E-state index contributed by atoms with van der Waals surface area (Å²) in [5, 5.41) is 3.78. The first-order chi connectivity index (χ1) is 7.54. The second-order valence-electron chi connectivity index (χ2n) is 4.04. The Morgan fingerprint density at radius 2 is 2.06 bits per heavy atom. The van der Waals surface area contributed by atoms with Crippen LogP contribution in [0.15, 0.2) is 18.2 Å². The first-order valence-corrected chi connectivity index (χ1v) is 6.19. The van der Waals surface area contributed by atoms with Crippen LogP contribution in [0.3, 0.4) is 0 Å². The van der Waals surface area contributed by atoms with Crippen LogP contribution in [0.5, 0.6) is 0 Å². The zero-order chi connectivity index (χ0) is 12.1. The lowest BCUT2D eigenvalue weighted by Gasteiger charge is -2.19. The Morgan fingerprint density at radius 3 is 2.62 bits per heavy atom. The van der Waals surface area contributed by atoms with Gasteiger partial charge in [0.25, 0.3) is 0 Å². The Morgan fingerprint density at radius 1 is 1.38 bits per heavy atom. The number of hydrogen-bond acceptors (Lipinski definition) is 1. The molecule has 0 spiro atoms.